The van der Waals surface area contributed by atoms with Crippen molar-refractivity contribution in [2.75, 3.05) is 30.8 Å². The van der Waals surface area contributed by atoms with Crippen molar-refractivity contribution in [3.63, 3.8) is 0 Å². The number of nitrogen functional groups attached to an aromatic ring is 1. The van der Waals surface area contributed by atoms with Gasteiger partial charge in [-0.3, -0.25) is 4.79 Å². The molecule has 21 heavy (non-hydrogen) atoms. The Morgan fingerprint density at radius 3 is 2.90 bits per heavy atom. The lowest BCUT2D eigenvalue weighted by atomic mass is 9.93. The van der Waals surface area contributed by atoms with Gasteiger partial charge in [0, 0.05) is 25.8 Å². The highest BCUT2D eigenvalue weighted by molar-refractivity contribution is 7.18. The van der Waals surface area contributed by atoms with E-state index in [1.807, 2.05) is 6.92 Å². The number of rotatable bonds is 6. The van der Waals surface area contributed by atoms with Gasteiger partial charge in [0.05, 0.1) is 0 Å². The maximum absolute atomic E-state index is 12.3. The second-order valence-corrected chi connectivity index (χ2v) is 6.37. The molecule has 4 N–H and O–H groups in total. The third kappa shape index (κ3) is 4.31. The molecule has 1 aromatic rings. The summed E-state index contributed by atoms with van der Waals surface area (Å²) in [7, 11) is 0. The Bertz CT molecular complexity index is 472. The van der Waals surface area contributed by atoms with E-state index in [2.05, 4.69) is 22.5 Å². The van der Waals surface area contributed by atoms with Gasteiger partial charge in [-0.05, 0) is 32.1 Å². The first-order chi connectivity index (χ1) is 10.1. The van der Waals surface area contributed by atoms with Gasteiger partial charge in [-0.25, -0.2) is 4.98 Å². The quantitative estimate of drug-likeness (QED) is 0.748. The number of thiazole rings is 1. The lowest BCUT2D eigenvalue weighted by Gasteiger charge is -2.28. The topological polar surface area (TPSA) is 89.3 Å². The molecule has 1 aliphatic heterocycles. The summed E-state index contributed by atoms with van der Waals surface area (Å²) < 4.78 is 5.35. The highest BCUT2D eigenvalue weighted by Crippen LogP contribution is 2.26. The van der Waals surface area contributed by atoms with E-state index in [4.69, 9.17) is 10.5 Å². The van der Waals surface area contributed by atoms with Crippen LogP contribution in [0.25, 0.3) is 0 Å². The monoisotopic (exact) mass is 312 g/mol. The molecule has 0 aliphatic carbocycles. The van der Waals surface area contributed by atoms with E-state index in [9.17, 15) is 4.79 Å². The number of aromatic nitrogens is 1. The van der Waals surface area contributed by atoms with Crippen molar-refractivity contribution in [1.82, 2.24) is 10.3 Å². The molecule has 0 radical (unpaired) electrons. The van der Waals surface area contributed by atoms with E-state index in [1.165, 1.54) is 11.3 Å². The maximum Gasteiger partial charge on any atom is 0.265 e. The number of carbonyl (C=O) groups is 1. The number of carbonyl (C=O) groups excluding carboxylic acids is 1. The van der Waals surface area contributed by atoms with Crippen LogP contribution in [0.3, 0.4) is 0 Å². The molecule has 1 fully saturated rings. The molecule has 1 amide bonds. The zero-order valence-electron chi connectivity index (χ0n) is 12.6. The summed E-state index contributed by atoms with van der Waals surface area (Å²) in [6.07, 6.45) is 2.98. The number of hydrogen-bond acceptors (Lipinski definition) is 6. The Labute approximate surface area is 129 Å². The Morgan fingerprint density at radius 1 is 1.52 bits per heavy atom. The molecule has 1 aromatic heterocycles. The summed E-state index contributed by atoms with van der Waals surface area (Å²) in [6, 6.07) is 0.120. The molecule has 0 aromatic carbocycles. The van der Waals surface area contributed by atoms with Crippen LogP contribution >= 0.6 is 11.3 Å². The van der Waals surface area contributed by atoms with Crippen LogP contribution < -0.4 is 16.4 Å². The van der Waals surface area contributed by atoms with Crippen molar-refractivity contribution in [1.29, 1.82) is 0 Å². The second kappa shape index (κ2) is 7.61. The van der Waals surface area contributed by atoms with Crippen LogP contribution in [0.15, 0.2) is 0 Å². The van der Waals surface area contributed by atoms with Gasteiger partial charge in [0.15, 0.2) is 5.13 Å². The fraction of sp³-hybridized carbons (Fsp3) is 0.714. The summed E-state index contributed by atoms with van der Waals surface area (Å²) in [5.41, 5.74) is 5.85. The first kappa shape index (κ1) is 16.0. The van der Waals surface area contributed by atoms with E-state index in [0.717, 1.165) is 39.0 Å². The van der Waals surface area contributed by atoms with Gasteiger partial charge in [-0.2, -0.15) is 0 Å². The van der Waals surface area contributed by atoms with E-state index in [0.29, 0.717) is 21.7 Å². The first-order valence-corrected chi connectivity index (χ1v) is 8.32. The van der Waals surface area contributed by atoms with Gasteiger partial charge in [0.1, 0.15) is 10.7 Å². The van der Waals surface area contributed by atoms with Gasteiger partial charge in [0.2, 0.25) is 0 Å². The zero-order chi connectivity index (χ0) is 15.2. The third-order valence-corrected chi connectivity index (χ3v) is 4.75. The molecule has 1 aliphatic rings. The van der Waals surface area contributed by atoms with Gasteiger partial charge in [0.25, 0.3) is 5.91 Å². The average Bonchev–Trinajstić information content (AvgIpc) is 2.87. The summed E-state index contributed by atoms with van der Waals surface area (Å²) in [5, 5.41) is 6.91. The van der Waals surface area contributed by atoms with Crippen LogP contribution in [-0.2, 0) is 4.74 Å². The molecule has 1 atom stereocenters. The molecule has 0 saturated carbocycles. The summed E-state index contributed by atoms with van der Waals surface area (Å²) >= 11 is 1.31. The second-order valence-electron chi connectivity index (χ2n) is 5.37. The molecule has 1 saturated heterocycles. The number of nitrogens with one attached hydrogen (secondary N) is 2. The predicted molar refractivity (Wildman–Crippen MR) is 85.8 cm³/mol. The van der Waals surface area contributed by atoms with Gasteiger partial charge in [-0.15, -0.1) is 0 Å². The number of nitrogens with zero attached hydrogens (tertiary/aromatic N) is 1. The lowest BCUT2D eigenvalue weighted by Crippen LogP contribution is -2.40. The van der Waals surface area contributed by atoms with Crippen molar-refractivity contribution in [2.24, 2.45) is 5.92 Å². The van der Waals surface area contributed by atoms with Gasteiger partial charge < -0.3 is 21.1 Å². The molecule has 1 unspecified atom stereocenters. The van der Waals surface area contributed by atoms with Crippen LogP contribution in [0.2, 0.25) is 0 Å². The molecular formula is C14H24N4O2S. The van der Waals surface area contributed by atoms with Crippen molar-refractivity contribution in [3.8, 4) is 0 Å². The maximum atomic E-state index is 12.3. The largest absolute Gasteiger partial charge is 0.382 e. The van der Waals surface area contributed by atoms with Crippen molar-refractivity contribution < 1.29 is 9.53 Å². The van der Waals surface area contributed by atoms with Crippen LogP contribution in [0.5, 0.6) is 0 Å². The number of ether oxygens (including phenoxy) is 1. The first-order valence-electron chi connectivity index (χ1n) is 7.50. The Hall–Kier alpha value is -1.34. The Morgan fingerprint density at radius 2 is 2.24 bits per heavy atom. The van der Waals surface area contributed by atoms with E-state index in [-0.39, 0.29) is 11.9 Å². The number of nitrogens with two attached hydrogens (primary N) is 1. The van der Waals surface area contributed by atoms with E-state index < -0.39 is 0 Å². The summed E-state index contributed by atoms with van der Waals surface area (Å²) in [6.45, 7) is 6.50. The molecule has 0 bridgehead atoms. The molecule has 118 valence electrons. The summed E-state index contributed by atoms with van der Waals surface area (Å²) in [5.74, 6) is 0.637. The third-order valence-electron chi connectivity index (χ3n) is 3.72. The fourth-order valence-electron chi connectivity index (χ4n) is 2.41. The number of anilines is 2. The van der Waals surface area contributed by atoms with Crippen molar-refractivity contribution in [2.45, 2.75) is 39.2 Å². The molecule has 0 spiro atoms. The average molecular weight is 312 g/mol. The minimum Gasteiger partial charge on any atom is -0.382 e. The molecule has 6 nitrogen and oxygen atoms in total. The molecule has 2 rings (SSSR count). The van der Waals surface area contributed by atoms with E-state index >= 15 is 0 Å². The Kier molecular flexibility index (Phi) is 5.81. The summed E-state index contributed by atoms with van der Waals surface area (Å²) in [4.78, 5) is 17.0. The van der Waals surface area contributed by atoms with Crippen molar-refractivity contribution in [3.05, 3.63) is 4.88 Å². The SMILES string of the molecule is CCCNc1nc(N)c(C(=O)NC(C)C2CCOCC2)s1. The molecule has 2 heterocycles. The predicted octanol–water partition coefficient (Wildman–Crippen LogP) is 2.09. The molecule has 7 heteroatoms. The van der Waals surface area contributed by atoms with Crippen molar-refractivity contribution >= 4 is 28.2 Å². The van der Waals surface area contributed by atoms with Gasteiger partial charge in [-0.1, -0.05) is 18.3 Å². The van der Waals surface area contributed by atoms with E-state index in [1.54, 1.807) is 0 Å². The normalized spacial score (nSPS) is 17.4. The van der Waals surface area contributed by atoms with Gasteiger partial charge >= 0.3 is 0 Å². The van der Waals surface area contributed by atoms with Crippen LogP contribution in [0, 0.1) is 5.92 Å². The number of amides is 1. The number of hydrogen-bond donors (Lipinski definition) is 3. The highest BCUT2D eigenvalue weighted by atomic mass is 32.1. The zero-order valence-corrected chi connectivity index (χ0v) is 13.5. The lowest BCUT2D eigenvalue weighted by molar-refractivity contribution is 0.0539. The Balaban J connectivity index is 1.94. The van der Waals surface area contributed by atoms with Crippen LogP contribution in [-0.4, -0.2) is 36.7 Å². The smallest absolute Gasteiger partial charge is 0.265 e. The molecular weight excluding hydrogens is 288 g/mol. The minimum atomic E-state index is -0.131. The van der Waals surface area contributed by atoms with Crippen LogP contribution in [0.4, 0.5) is 10.9 Å². The highest BCUT2D eigenvalue weighted by Gasteiger charge is 2.24. The minimum absolute atomic E-state index is 0.120. The van der Waals surface area contributed by atoms with Crippen LogP contribution in [0.1, 0.15) is 42.8 Å². The fourth-order valence-corrected chi connectivity index (χ4v) is 3.22. The standard InChI is InChI=1S/C14H24N4O2S/c1-3-6-16-14-18-12(15)11(21-14)13(19)17-9(2)10-4-7-20-8-5-10/h9-10H,3-8,15H2,1-2H3,(H,16,18)(H,17,19).